The monoisotopic (exact) mass is 497 g/mol. The van der Waals surface area contributed by atoms with Gasteiger partial charge in [-0.1, -0.05) is 30.3 Å². The van der Waals surface area contributed by atoms with E-state index < -0.39 is 34.8 Å². The lowest BCUT2D eigenvalue weighted by atomic mass is 9.78. The van der Waals surface area contributed by atoms with Gasteiger partial charge in [0.25, 0.3) is 5.82 Å². The number of fused-ring (bicyclic) bond motifs is 2. The summed E-state index contributed by atoms with van der Waals surface area (Å²) in [6, 6.07) is 16.5. The van der Waals surface area contributed by atoms with Crippen LogP contribution in [0.5, 0.6) is 0 Å². The van der Waals surface area contributed by atoms with Crippen molar-refractivity contribution in [1.82, 2.24) is 4.57 Å². The summed E-state index contributed by atoms with van der Waals surface area (Å²) in [5.41, 5.74) is -1.93. The number of nitrogens with zero attached hydrogens (tertiary/aromatic N) is 2. The van der Waals surface area contributed by atoms with Crippen LogP contribution in [0.4, 0.5) is 35.1 Å². The van der Waals surface area contributed by atoms with E-state index in [9.17, 15) is 35.1 Å². The fourth-order valence-electron chi connectivity index (χ4n) is 4.66. The van der Waals surface area contributed by atoms with Crippen LogP contribution in [-0.2, 0) is 18.9 Å². The molecule has 0 aliphatic heterocycles. The van der Waals surface area contributed by atoms with Gasteiger partial charge in [0.05, 0.1) is 12.6 Å². The first-order valence-electron chi connectivity index (χ1n) is 10.5. The van der Waals surface area contributed by atoms with E-state index in [0.717, 1.165) is 0 Å². The highest BCUT2D eigenvalue weighted by atomic mass is 19.4. The molecule has 1 aliphatic carbocycles. The van der Waals surface area contributed by atoms with Crippen LogP contribution in [0, 0.1) is 6.92 Å². The highest BCUT2D eigenvalue weighted by Crippen LogP contribution is 2.65. The number of rotatable bonds is 2. The van der Waals surface area contributed by atoms with Gasteiger partial charge in [-0.3, -0.25) is 0 Å². The third kappa shape index (κ3) is 2.79. The minimum atomic E-state index is -6.31. The Labute approximate surface area is 194 Å². The van der Waals surface area contributed by atoms with Gasteiger partial charge in [-0.2, -0.15) is 39.7 Å². The fraction of sp³-hybridized carbons (Fsp3) is 0.240. The Morgan fingerprint density at radius 3 is 1.80 bits per heavy atom. The van der Waals surface area contributed by atoms with Gasteiger partial charge in [0.1, 0.15) is 5.69 Å². The molecule has 10 heteroatoms. The molecule has 4 aromatic rings. The summed E-state index contributed by atoms with van der Waals surface area (Å²) >= 11 is 0. The van der Waals surface area contributed by atoms with Crippen molar-refractivity contribution in [3.8, 4) is 17.1 Å². The SMILES string of the molecule is Cc1cc2c(cc1-c1n(-c3ccccc3)c3ccccc3[n+]1C)C(F)(F)C(F)(F)C(F)(F)C2(F)F. The third-order valence-electron chi connectivity index (χ3n) is 6.49. The second kappa shape index (κ2) is 7.05. The summed E-state index contributed by atoms with van der Waals surface area (Å²) in [5.74, 6) is -23.4. The molecule has 0 saturated carbocycles. The van der Waals surface area contributed by atoms with E-state index in [1.165, 1.54) is 6.92 Å². The van der Waals surface area contributed by atoms with E-state index >= 15 is 0 Å². The summed E-state index contributed by atoms with van der Waals surface area (Å²) in [6.45, 7) is 1.28. The molecule has 35 heavy (non-hydrogen) atoms. The number of hydrogen-bond donors (Lipinski definition) is 0. The van der Waals surface area contributed by atoms with Gasteiger partial charge >= 0.3 is 23.7 Å². The normalized spacial score (nSPS) is 19.5. The largest absolute Gasteiger partial charge is 0.382 e. The van der Waals surface area contributed by atoms with Gasteiger partial charge in [0.2, 0.25) is 0 Å². The Bertz CT molecular complexity index is 1470. The second-order valence-corrected chi connectivity index (χ2v) is 8.55. The molecule has 182 valence electrons. The topological polar surface area (TPSA) is 8.81 Å². The van der Waals surface area contributed by atoms with Gasteiger partial charge in [-0.25, -0.2) is 4.57 Å². The van der Waals surface area contributed by atoms with Crippen molar-refractivity contribution in [3.63, 3.8) is 0 Å². The van der Waals surface area contributed by atoms with Crippen LogP contribution in [0.25, 0.3) is 28.1 Å². The summed E-state index contributed by atoms with van der Waals surface area (Å²) in [5, 5.41) is 0. The molecule has 0 bridgehead atoms. The van der Waals surface area contributed by atoms with Crippen molar-refractivity contribution < 1.29 is 39.7 Å². The molecule has 0 radical (unpaired) electrons. The molecule has 1 aliphatic rings. The third-order valence-corrected chi connectivity index (χ3v) is 6.49. The summed E-state index contributed by atoms with van der Waals surface area (Å²) in [7, 11) is 1.60. The quantitative estimate of drug-likeness (QED) is 0.211. The van der Waals surface area contributed by atoms with E-state index in [1.807, 2.05) is 0 Å². The lowest BCUT2D eigenvalue weighted by molar-refractivity contribution is -0.633. The summed E-state index contributed by atoms with van der Waals surface area (Å²) < 4.78 is 118. The van der Waals surface area contributed by atoms with Crippen LogP contribution < -0.4 is 4.57 Å². The van der Waals surface area contributed by atoms with Crippen molar-refractivity contribution in [2.45, 2.75) is 30.6 Å². The minimum Gasteiger partial charge on any atom is -0.225 e. The molecule has 1 aromatic heterocycles. The van der Waals surface area contributed by atoms with Crippen molar-refractivity contribution in [2.24, 2.45) is 7.05 Å². The van der Waals surface area contributed by atoms with Gasteiger partial charge < -0.3 is 0 Å². The number of aromatic nitrogens is 2. The highest BCUT2D eigenvalue weighted by Gasteiger charge is 2.85. The average Bonchev–Trinajstić information content (AvgIpc) is 3.10. The highest BCUT2D eigenvalue weighted by molar-refractivity contribution is 5.80. The Hall–Kier alpha value is -3.43. The van der Waals surface area contributed by atoms with E-state index in [2.05, 4.69) is 0 Å². The minimum absolute atomic E-state index is 0.0594. The van der Waals surface area contributed by atoms with Crippen LogP contribution in [0.1, 0.15) is 16.7 Å². The first-order chi connectivity index (χ1) is 16.2. The van der Waals surface area contributed by atoms with Gasteiger partial charge in [0.15, 0.2) is 11.0 Å². The summed E-state index contributed by atoms with van der Waals surface area (Å²) in [6.07, 6.45) is 0. The lowest BCUT2D eigenvalue weighted by Gasteiger charge is -2.43. The molecule has 0 unspecified atom stereocenters. The van der Waals surface area contributed by atoms with Gasteiger partial charge in [0, 0.05) is 11.1 Å². The van der Waals surface area contributed by atoms with E-state index in [-0.39, 0.29) is 17.0 Å². The zero-order valence-corrected chi connectivity index (χ0v) is 18.3. The maximum atomic E-state index is 14.8. The predicted molar refractivity (Wildman–Crippen MR) is 112 cm³/mol. The number of halogens is 8. The number of aryl methyl sites for hydroxylation is 2. The number of para-hydroxylation sites is 3. The zero-order valence-electron chi connectivity index (χ0n) is 18.3. The molecule has 5 rings (SSSR count). The molecule has 0 spiro atoms. The van der Waals surface area contributed by atoms with Gasteiger partial charge in [-0.15, -0.1) is 0 Å². The van der Waals surface area contributed by atoms with Crippen LogP contribution in [0.3, 0.4) is 0 Å². The molecule has 0 N–H and O–H groups in total. The Kier molecular flexibility index (Phi) is 4.70. The first kappa shape index (κ1) is 23.3. The van der Waals surface area contributed by atoms with Crippen molar-refractivity contribution in [1.29, 1.82) is 0 Å². The summed E-state index contributed by atoms with van der Waals surface area (Å²) in [4.78, 5) is 0. The molecule has 0 atom stereocenters. The zero-order chi connectivity index (χ0) is 25.6. The number of alkyl halides is 8. The molecular formula is C25H17F8N2+. The molecule has 0 amide bonds. The van der Waals surface area contributed by atoms with Crippen LogP contribution in [0.2, 0.25) is 0 Å². The molecular weight excluding hydrogens is 480 g/mol. The molecule has 3 aromatic carbocycles. The molecule has 2 nitrogen and oxygen atoms in total. The van der Waals surface area contributed by atoms with E-state index in [1.54, 1.807) is 70.8 Å². The van der Waals surface area contributed by atoms with Crippen molar-refractivity contribution >= 4 is 11.0 Å². The van der Waals surface area contributed by atoms with Crippen molar-refractivity contribution in [2.75, 3.05) is 0 Å². The molecule has 0 fully saturated rings. The van der Waals surface area contributed by atoms with E-state index in [4.69, 9.17) is 0 Å². The van der Waals surface area contributed by atoms with E-state index in [0.29, 0.717) is 28.9 Å². The Morgan fingerprint density at radius 2 is 1.20 bits per heavy atom. The predicted octanol–water partition coefficient (Wildman–Crippen LogP) is 6.90. The Morgan fingerprint density at radius 1 is 0.686 bits per heavy atom. The van der Waals surface area contributed by atoms with Crippen molar-refractivity contribution in [3.05, 3.63) is 83.4 Å². The number of imidazole rings is 1. The van der Waals surface area contributed by atoms with Crippen LogP contribution >= 0.6 is 0 Å². The molecule has 0 saturated heterocycles. The standard InChI is InChI=1S/C25H17F8N2/c1-14-12-17-18(23(28,29)25(32,33)24(30,31)22(17,26)27)13-16(14)21-34(2)19-10-6-7-11-20(19)35(21)15-8-4-3-5-9-15/h3-13H,1-2H3/q+1. The van der Waals surface area contributed by atoms with Crippen LogP contribution in [0.15, 0.2) is 66.7 Å². The number of hydrogen-bond acceptors (Lipinski definition) is 0. The maximum Gasteiger partial charge on any atom is 0.382 e. The molecule has 1 heterocycles. The van der Waals surface area contributed by atoms with Gasteiger partial charge in [-0.05, 0) is 48.9 Å². The number of benzene rings is 3. The van der Waals surface area contributed by atoms with Crippen LogP contribution in [-0.4, -0.2) is 16.4 Å². The average molecular weight is 497 g/mol. The Balaban J connectivity index is 1.89. The fourth-order valence-corrected chi connectivity index (χ4v) is 4.66. The second-order valence-electron chi connectivity index (χ2n) is 8.55. The smallest absolute Gasteiger partial charge is 0.225 e. The first-order valence-corrected chi connectivity index (χ1v) is 10.5. The lowest BCUT2D eigenvalue weighted by Crippen LogP contribution is -2.63. The maximum absolute atomic E-state index is 14.8.